The number of aryl methyl sites for hydroxylation is 1. The van der Waals surface area contributed by atoms with Crippen molar-refractivity contribution in [3.8, 4) is 0 Å². The van der Waals surface area contributed by atoms with Gasteiger partial charge in [0.05, 0.1) is 11.7 Å². The molecule has 0 saturated heterocycles. The van der Waals surface area contributed by atoms with Crippen molar-refractivity contribution in [2.24, 2.45) is 11.8 Å². The molecule has 2 N–H and O–H groups in total. The molecule has 1 atom stereocenters. The fourth-order valence-corrected chi connectivity index (χ4v) is 2.69. The summed E-state index contributed by atoms with van der Waals surface area (Å²) in [6.07, 6.45) is 0.933. The Kier molecular flexibility index (Phi) is 7.90. The van der Waals surface area contributed by atoms with Gasteiger partial charge in [-0.05, 0) is 23.7 Å². The van der Waals surface area contributed by atoms with Gasteiger partial charge in [-0.25, -0.2) is 0 Å². The van der Waals surface area contributed by atoms with E-state index in [1.54, 1.807) is 11.8 Å². The minimum absolute atomic E-state index is 0.00790. The lowest BCUT2D eigenvalue weighted by molar-refractivity contribution is -0.143. The number of nitrogens with one attached hydrogen (secondary N) is 1. The van der Waals surface area contributed by atoms with Gasteiger partial charge in [-0.2, -0.15) is 11.8 Å². The fraction of sp³-hybridized carbons (Fsp3) is 0.500. The van der Waals surface area contributed by atoms with E-state index in [9.17, 15) is 9.59 Å². The smallest absolute Gasteiger partial charge is 0.308 e. The van der Waals surface area contributed by atoms with Gasteiger partial charge in [0.25, 0.3) is 0 Å². The van der Waals surface area contributed by atoms with Gasteiger partial charge in [0.2, 0.25) is 5.91 Å². The number of aliphatic carboxylic acids is 1. The SMILES string of the molecule is CC(C)C(CNC(=O)CSCCc1ccccc1)C(=O)O. The minimum atomic E-state index is -0.859. The molecule has 1 amide bonds. The summed E-state index contributed by atoms with van der Waals surface area (Å²) in [6, 6.07) is 10.1. The van der Waals surface area contributed by atoms with Gasteiger partial charge in [0, 0.05) is 6.54 Å². The second kappa shape index (κ2) is 9.45. The molecule has 0 fully saturated rings. The molecule has 4 nitrogen and oxygen atoms in total. The maximum atomic E-state index is 11.7. The summed E-state index contributed by atoms with van der Waals surface area (Å²) in [5.74, 6) is -0.222. The number of amides is 1. The molecule has 0 aliphatic carbocycles. The van der Waals surface area contributed by atoms with E-state index in [0.717, 1.165) is 12.2 Å². The van der Waals surface area contributed by atoms with Crippen LogP contribution in [0.15, 0.2) is 30.3 Å². The molecular weight excluding hydrogens is 286 g/mol. The molecule has 0 heterocycles. The van der Waals surface area contributed by atoms with Crippen LogP contribution in [0.4, 0.5) is 0 Å². The third-order valence-corrected chi connectivity index (χ3v) is 4.21. The van der Waals surface area contributed by atoms with E-state index in [4.69, 9.17) is 5.11 Å². The summed E-state index contributed by atoms with van der Waals surface area (Å²) in [7, 11) is 0. The molecule has 1 aromatic rings. The van der Waals surface area contributed by atoms with Crippen molar-refractivity contribution in [3.63, 3.8) is 0 Å². The number of carbonyl (C=O) groups is 2. The van der Waals surface area contributed by atoms with Crippen LogP contribution in [0.5, 0.6) is 0 Å². The van der Waals surface area contributed by atoms with Crippen LogP contribution in [0.25, 0.3) is 0 Å². The topological polar surface area (TPSA) is 66.4 Å². The van der Waals surface area contributed by atoms with Crippen LogP contribution in [0, 0.1) is 11.8 Å². The second-order valence-electron chi connectivity index (χ2n) is 5.28. The van der Waals surface area contributed by atoms with Crippen molar-refractivity contribution >= 4 is 23.6 Å². The zero-order valence-corrected chi connectivity index (χ0v) is 13.4. The second-order valence-corrected chi connectivity index (χ2v) is 6.39. The number of rotatable bonds is 9. The van der Waals surface area contributed by atoms with Crippen molar-refractivity contribution < 1.29 is 14.7 Å². The summed E-state index contributed by atoms with van der Waals surface area (Å²) in [4.78, 5) is 22.7. The molecule has 0 radical (unpaired) electrons. The number of carbonyl (C=O) groups excluding carboxylic acids is 1. The molecule has 0 saturated carbocycles. The zero-order valence-electron chi connectivity index (χ0n) is 12.5. The first-order valence-corrected chi connectivity index (χ1v) is 8.27. The van der Waals surface area contributed by atoms with E-state index < -0.39 is 11.9 Å². The highest BCUT2D eigenvalue weighted by Crippen LogP contribution is 2.10. The van der Waals surface area contributed by atoms with Crippen molar-refractivity contribution in [1.82, 2.24) is 5.32 Å². The fourth-order valence-electron chi connectivity index (χ4n) is 1.88. The van der Waals surface area contributed by atoms with Crippen LogP contribution >= 0.6 is 11.8 Å². The summed E-state index contributed by atoms with van der Waals surface area (Å²) >= 11 is 1.57. The average Bonchev–Trinajstić information content (AvgIpc) is 2.44. The molecule has 0 aromatic heterocycles. The number of benzene rings is 1. The van der Waals surface area contributed by atoms with Gasteiger partial charge in [-0.3, -0.25) is 9.59 Å². The maximum absolute atomic E-state index is 11.7. The molecule has 0 spiro atoms. The highest BCUT2D eigenvalue weighted by molar-refractivity contribution is 7.99. The first-order chi connectivity index (χ1) is 10.0. The third-order valence-electron chi connectivity index (χ3n) is 3.25. The lowest BCUT2D eigenvalue weighted by atomic mass is 9.96. The third kappa shape index (κ3) is 7.18. The van der Waals surface area contributed by atoms with Crippen LogP contribution in [0.1, 0.15) is 19.4 Å². The molecule has 0 bridgehead atoms. The highest BCUT2D eigenvalue weighted by atomic mass is 32.2. The normalized spacial score (nSPS) is 12.1. The Morgan fingerprint density at radius 2 is 1.90 bits per heavy atom. The predicted molar refractivity (Wildman–Crippen MR) is 86.4 cm³/mol. The predicted octanol–water partition coefficient (Wildman–Crippen LogP) is 2.44. The number of hydrogen-bond donors (Lipinski definition) is 2. The summed E-state index contributed by atoms with van der Waals surface area (Å²) in [6.45, 7) is 3.89. The standard InChI is InChI=1S/C16H23NO3S/c1-12(2)14(16(19)20)10-17-15(18)11-21-9-8-13-6-4-3-5-7-13/h3-7,12,14H,8-11H2,1-2H3,(H,17,18)(H,19,20). The van der Waals surface area contributed by atoms with Crippen LogP contribution in [-0.4, -0.2) is 35.0 Å². The zero-order chi connectivity index (χ0) is 15.7. The van der Waals surface area contributed by atoms with Crippen LogP contribution in [-0.2, 0) is 16.0 Å². The summed E-state index contributed by atoms with van der Waals surface area (Å²) in [5, 5.41) is 11.7. The summed E-state index contributed by atoms with van der Waals surface area (Å²) in [5.41, 5.74) is 1.26. The molecule has 0 aliphatic rings. The molecule has 1 aromatic carbocycles. The average molecular weight is 309 g/mol. The van der Waals surface area contributed by atoms with Gasteiger partial charge >= 0.3 is 5.97 Å². The first kappa shape index (κ1) is 17.6. The quantitative estimate of drug-likeness (QED) is 0.688. The molecule has 1 unspecified atom stereocenters. The van der Waals surface area contributed by atoms with E-state index in [2.05, 4.69) is 17.4 Å². The Morgan fingerprint density at radius 1 is 1.24 bits per heavy atom. The monoisotopic (exact) mass is 309 g/mol. The largest absolute Gasteiger partial charge is 0.481 e. The van der Waals surface area contributed by atoms with Crippen molar-refractivity contribution in [2.45, 2.75) is 20.3 Å². The molecule has 1 rings (SSSR count). The van der Waals surface area contributed by atoms with Gasteiger partial charge in [0.1, 0.15) is 0 Å². The number of carboxylic acid groups (broad SMARTS) is 1. The Morgan fingerprint density at radius 3 is 2.48 bits per heavy atom. The number of thioether (sulfide) groups is 1. The van der Waals surface area contributed by atoms with E-state index in [0.29, 0.717) is 5.75 Å². The molecule has 116 valence electrons. The van der Waals surface area contributed by atoms with Crippen LogP contribution in [0.3, 0.4) is 0 Å². The van der Waals surface area contributed by atoms with Gasteiger partial charge in [0.15, 0.2) is 0 Å². The van der Waals surface area contributed by atoms with E-state index in [1.807, 2.05) is 32.0 Å². The first-order valence-electron chi connectivity index (χ1n) is 7.12. The van der Waals surface area contributed by atoms with Gasteiger partial charge < -0.3 is 10.4 Å². The Hall–Kier alpha value is -1.49. The van der Waals surface area contributed by atoms with Gasteiger partial charge in [-0.15, -0.1) is 0 Å². The lowest BCUT2D eigenvalue weighted by Crippen LogP contribution is -2.36. The van der Waals surface area contributed by atoms with E-state index >= 15 is 0 Å². The molecule has 21 heavy (non-hydrogen) atoms. The molecule has 0 aliphatic heterocycles. The van der Waals surface area contributed by atoms with Crippen molar-refractivity contribution in [3.05, 3.63) is 35.9 Å². The minimum Gasteiger partial charge on any atom is -0.481 e. The van der Waals surface area contributed by atoms with Crippen LogP contribution in [0.2, 0.25) is 0 Å². The van der Waals surface area contributed by atoms with Crippen molar-refractivity contribution in [2.75, 3.05) is 18.1 Å². The maximum Gasteiger partial charge on any atom is 0.308 e. The van der Waals surface area contributed by atoms with Crippen LogP contribution < -0.4 is 5.32 Å². The lowest BCUT2D eigenvalue weighted by Gasteiger charge is -2.16. The van der Waals surface area contributed by atoms with Crippen molar-refractivity contribution in [1.29, 1.82) is 0 Å². The van der Waals surface area contributed by atoms with E-state index in [-0.39, 0.29) is 18.4 Å². The molecule has 5 heteroatoms. The Bertz CT molecular complexity index is 448. The molecular formula is C16H23NO3S. The van der Waals surface area contributed by atoms with E-state index in [1.165, 1.54) is 5.56 Å². The number of hydrogen-bond acceptors (Lipinski definition) is 3. The Labute approximate surface area is 130 Å². The number of carboxylic acids is 1. The Balaban J connectivity index is 2.18. The van der Waals surface area contributed by atoms with Gasteiger partial charge in [-0.1, -0.05) is 44.2 Å². The summed E-state index contributed by atoms with van der Waals surface area (Å²) < 4.78 is 0. The highest BCUT2D eigenvalue weighted by Gasteiger charge is 2.21.